The van der Waals surface area contributed by atoms with Gasteiger partial charge in [-0.15, -0.1) is 0 Å². The van der Waals surface area contributed by atoms with Crippen molar-refractivity contribution in [2.45, 2.75) is 12.2 Å². The van der Waals surface area contributed by atoms with Gasteiger partial charge in [-0.25, -0.2) is 5.43 Å². The molecule has 3 N–H and O–H groups in total. The molecule has 112 valence electrons. The fourth-order valence-electron chi connectivity index (χ4n) is 2.01. The summed E-state index contributed by atoms with van der Waals surface area (Å²) in [7, 11) is 0. The summed E-state index contributed by atoms with van der Waals surface area (Å²) in [5.74, 6) is 5.42. The molecular weight excluding hydrogens is 326 g/mol. The van der Waals surface area contributed by atoms with E-state index in [2.05, 4.69) is 10.4 Å². The minimum Gasteiger partial charge on any atom is -0.271 e. The van der Waals surface area contributed by atoms with E-state index < -0.39 is 17.8 Å². The summed E-state index contributed by atoms with van der Waals surface area (Å²) < 4.78 is 39.3. The van der Waals surface area contributed by atoms with E-state index in [9.17, 15) is 13.2 Å². The molecule has 21 heavy (non-hydrogen) atoms. The van der Waals surface area contributed by atoms with Crippen molar-refractivity contribution in [1.29, 1.82) is 0 Å². The van der Waals surface area contributed by atoms with Crippen LogP contribution in [0, 0.1) is 0 Å². The van der Waals surface area contributed by atoms with Crippen LogP contribution in [0.3, 0.4) is 0 Å². The highest BCUT2D eigenvalue weighted by Crippen LogP contribution is 2.39. The molecule has 0 aliphatic rings. The fraction of sp³-hybridized carbons (Fsp3) is 0.154. The maximum atomic E-state index is 13.1. The van der Waals surface area contributed by atoms with E-state index in [1.165, 1.54) is 12.1 Å². The van der Waals surface area contributed by atoms with Gasteiger partial charge in [0.15, 0.2) is 0 Å². The molecule has 0 aliphatic heterocycles. The Morgan fingerprint density at radius 1 is 1.14 bits per heavy atom. The standard InChI is InChI=1S/C13H10Cl2F3N3/c14-9-2-1-3-10(15)11(9)12(21-19)7-6-20-5-4-8(7)13(16,17)18/h1-6,12,21H,19H2. The van der Waals surface area contributed by atoms with Crippen LogP contribution < -0.4 is 11.3 Å². The highest BCUT2D eigenvalue weighted by Gasteiger charge is 2.36. The van der Waals surface area contributed by atoms with Crippen LogP contribution in [0.5, 0.6) is 0 Å². The van der Waals surface area contributed by atoms with Gasteiger partial charge in [-0.3, -0.25) is 10.8 Å². The number of nitrogens with zero attached hydrogens (tertiary/aromatic N) is 1. The van der Waals surface area contributed by atoms with E-state index in [4.69, 9.17) is 29.0 Å². The molecule has 0 saturated carbocycles. The van der Waals surface area contributed by atoms with E-state index in [1.807, 2.05) is 0 Å². The zero-order valence-corrected chi connectivity index (χ0v) is 12.0. The highest BCUT2D eigenvalue weighted by molar-refractivity contribution is 6.36. The molecule has 1 aromatic carbocycles. The average molecular weight is 336 g/mol. The van der Waals surface area contributed by atoms with Crippen molar-refractivity contribution >= 4 is 23.2 Å². The van der Waals surface area contributed by atoms with Crippen LogP contribution in [0.25, 0.3) is 0 Å². The van der Waals surface area contributed by atoms with Crippen LogP contribution in [0.1, 0.15) is 22.7 Å². The van der Waals surface area contributed by atoms with Crippen molar-refractivity contribution in [3.63, 3.8) is 0 Å². The van der Waals surface area contributed by atoms with Crippen LogP contribution in [0.2, 0.25) is 10.0 Å². The molecule has 0 fully saturated rings. The normalized spacial score (nSPS) is 13.2. The lowest BCUT2D eigenvalue weighted by Crippen LogP contribution is -2.31. The number of hydrazine groups is 1. The molecule has 2 rings (SSSR count). The molecule has 1 atom stereocenters. The van der Waals surface area contributed by atoms with Gasteiger partial charge in [-0.1, -0.05) is 29.3 Å². The number of rotatable bonds is 3. The molecule has 0 aliphatic carbocycles. The first-order chi connectivity index (χ1) is 9.86. The van der Waals surface area contributed by atoms with E-state index in [-0.39, 0.29) is 21.2 Å². The maximum absolute atomic E-state index is 13.1. The summed E-state index contributed by atoms with van der Waals surface area (Å²) in [5.41, 5.74) is 1.58. The summed E-state index contributed by atoms with van der Waals surface area (Å²) in [6.45, 7) is 0. The van der Waals surface area contributed by atoms with Crippen LogP contribution in [0.15, 0.2) is 36.7 Å². The molecule has 0 saturated heterocycles. The summed E-state index contributed by atoms with van der Waals surface area (Å²) in [5, 5.41) is 0.421. The third-order valence-electron chi connectivity index (χ3n) is 2.92. The van der Waals surface area contributed by atoms with Crippen molar-refractivity contribution < 1.29 is 13.2 Å². The van der Waals surface area contributed by atoms with Crippen LogP contribution in [-0.4, -0.2) is 4.98 Å². The van der Waals surface area contributed by atoms with Crippen molar-refractivity contribution in [3.05, 3.63) is 63.4 Å². The zero-order chi connectivity index (χ0) is 15.6. The summed E-state index contributed by atoms with van der Waals surface area (Å²) in [6, 6.07) is 4.49. The Bertz CT molecular complexity index is 627. The molecule has 0 radical (unpaired) electrons. The van der Waals surface area contributed by atoms with Crippen LogP contribution in [-0.2, 0) is 6.18 Å². The van der Waals surface area contributed by atoms with Crippen LogP contribution >= 0.6 is 23.2 Å². The number of aromatic nitrogens is 1. The Morgan fingerprint density at radius 3 is 2.29 bits per heavy atom. The topological polar surface area (TPSA) is 50.9 Å². The second-order valence-corrected chi connectivity index (χ2v) is 5.01. The molecule has 3 nitrogen and oxygen atoms in total. The van der Waals surface area contributed by atoms with Gasteiger partial charge >= 0.3 is 6.18 Å². The molecule has 0 spiro atoms. The molecule has 1 unspecified atom stereocenters. The number of benzene rings is 1. The summed E-state index contributed by atoms with van der Waals surface area (Å²) >= 11 is 12.1. The number of hydrogen-bond donors (Lipinski definition) is 2. The number of nitrogens with two attached hydrogens (primary N) is 1. The minimum atomic E-state index is -4.54. The van der Waals surface area contributed by atoms with Crippen molar-refractivity contribution in [1.82, 2.24) is 10.4 Å². The molecule has 2 aromatic rings. The maximum Gasteiger partial charge on any atom is 0.416 e. The predicted octanol–water partition coefficient (Wildman–Crippen LogP) is 3.96. The monoisotopic (exact) mass is 335 g/mol. The number of pyridine rings is 1. The smallest absolute Gasteiger partial charge is 0.271 e. The lowest BCUT2D eigenvalue weighted by Gasteiger charge is -2.22. The third kappa shape index (κ3) is 3.29. The van der Waals surface area contributed by atoms with E-state index in [1.54, 1.807) is 6.07 Å². The Morgan fingerprint density at radius 2 is 1.76 bits per heavy atom. The van der Waals surface area contributed by atoms with Gasteiger partial charge in [-0.05, 0) is 18.2 Å². The van der Waals surface area contributed by atoms with Gasteiger partial charge in [0.2, 0.25) is 0 Å². The predicted molar refractivity (Wildman–Crippen MR) is 74.9 cm³/mol. The number of nitrogens with one attached hydrogen (secondary N) is 1. The molecule has 8 heteroatoms. The van der Waals surface area contributed by atoms with E-state index >= 15 is 0 Å². The summed E-state index contributed by atoms with van der Waals surface area (Å²) in [6.07, 6.45) is -2.39. The van der Waals surface area contributed by atoms with E-state index in [0.717, 1.165) is 18.5 Å². The van der Waals surface area contributed by atoms with Gasteiger partial charge in [0.05, 0.1) is 11.6 Å². The lowest BCUT2D eigenvalue weighted by atomic mass is 9.96. The number of hydrogen-bond acceptors (Lipinski definition) is 3. The van der Waals surface area contributed by atoms with Crippen LogP contribution in [0.4, 0.5) is 13.2 Å². The van der Waals surface area contributed by atoms with Gasteiger partial charge < -0.3 is 0 Å². The van der Waals surface area contributed by atoms with Crippen molar-refractivity contribution in [3.8, 4) is 0 Å². The first-order valence-electron chi connectivity index (χ1n) is 5.77. The quantitative estimate of drug-likeness (QED) is 0.659. The SMILES string of the molecule is NNC(c1cnccc1C(F)(F)F)c1c(Cl)cccc1Cl. The van der Waals surface area contributed by atoms with Gasteiger partial charge in [0.25, 0.3) is 0 Å². The molecule has 0 bridgehead atoms. The third-order valence-corrected chi connectivity index (χ3v) is 3.58. The first kappa shape index (κ1) is 16.0. The molecule has 0 amide bonds. The second kappa shape index (κ2) is 6.19. The Balaban J connectivity index is 2.63. The Kier molecular flexibility index (Phi) is 4.73. The van der Waals surface area contributed by atoms with Gasteiger partial charge in [-0.2, -0.15) is 13.2 Å². The second-order valence-electron chi connectivity index (χ2n) is 4.20. The largest absolute Gasteiger partial charge is 0.416 e. The fourth-order valence-corrected chi connectivity index (χ4v) is 2.63. The van der Waals surface area contributed by atoms with Crippen molar-refractivity contribution in [2.24, 2.45) is 5.84 Å². The molecule has 1 aromatic heterocycles. The molecule has 1 heterocycles. The number of alkyl halides is 3. The summed E-state index contributed by atoms with van der Waals surface area (Å²) in [4.78, 5) is 3.73. The van der Waals surface area contributed by atoms with Crippen molar-refractivity contribution in [2.75, 3.05) is 0 Å². The highest BCUT2D eigenvalue weighted by atomic mass is 35.5. The molecular formula is C13H10Cl2F3N3. The van der Waals surface area contributed by atoms with Gasteiger partial charge in [0, 0.05) is 33.6 Å². The zero-order valence-electron chi connectivity index (χ0n) is 10.5. The average Bonchev–Trinajstić information content (AvgIpc) is 2.42. The van der Waals surface area contributed by atoms with Gasteiger partial charge in [0.1, 0.15) is 0 Å². The Hall–Kier alpha value is -1.34. The lowest BCUT2D eigenvalue weighted by molar-refractivity contribution is -0.138. The number of halogens is 5. The first-order valence-corrected chi connectivity index (χ1v) is 6.53. The van der Waals surface area contributed by atoms with E-state index in [0.29, 0.717) is 0 Å². The Labute approximate surface area is 128 Å². The minimum absolute atomic E-state index is 0.150.